The number of carbonyl (C=O) groups is 1. The number of esters is 1. The summed E-state index contributed by atoms with van der Waals surface area (Å²) in [7, 11) is 4.08. The Morgan fingerprint density at radius 3 is 1.52 bits per heavy atom. The summed E-state index contributed by atoms with van der Waals surface area (Å²) in [4.78, 5) is 12.8. The first-order chi connectivity index (χ1) is 12.5. The molecule has 27 heavy (non-hydrogen) atoms. The standard InChI is InChI=1S/C23H45NO2.BrH/c1-6-7-8-9-10-11-12-13-14-15-16-17-18-19-20-22(24(4)5)26-23(25)21(2)3;/h22H,2,6-20H2,1,3-5H3;1H. The average Bonchev–Trinajstić information content (AvgIpc) is 2.60. The summed E-state index contributed by atoms with van der Waals surface area (Å²) in [6.45, 7) is 7.64. The maximum Gasteiger partial charge on any atom is 0.337 e. The fraction of sp³-hybridized carbons (Fsp3) is 0.870. The minimum atomic E-state index is -0.262. The number of nitrogens with one attached hydrogen (secondary N) is 1. The Morgan fingerprint density at radius 2 is 1.19 bits per heavy atom. The minimum Gasteiger partial charge on any atom is -1.00 e. The van der Waals surface area contributed by atoms with Crippen LogP contribution in [0.1, 0.15) is 110 Å². The largest absolute Gasteiger partial charge is 1.00 e. The fourth-order valence-electron chi connectivity index (χ4n) is 3.22. The molecule has 0 saturated carbocycles. The van der Waals surface area contributed by atoms with Crippen LogP contribution in [-0.2, 0) is 9.53 Å². The van der Waals surface area contributed by atoms with Gasteiger partial charge < -0.3 is 26.6 Å². The number of hydrogen-bond acceptors (Lipinski definition) is 2. The molecule has 0 aliphatic heterocycles. The summed E-state index contributed by atoms with van der Waals surface area (Å²) in [5.41, 5.74) is 0.484. The lowest BCUT2D eigenvalue weighted by Crippen LogP contribution is -3.10. The lowest BCUT2D eigenvalue weighted by molar-refractivity contribution is -0.908. The van der Waals surface area contributed by atoms with Crippen LogP contribution >= 0.6 is 0 Å². The average molecular weight is 449 g/mol. The van der Waals surface area contributed by atoms with Gasteiger partial charge in [-0.3, -0.25) is 0 Å². The second kappa shape index (κ2) is 20.4. The van der Waals surface area contributed by atoms with Crippen molar-refractivity contribution in [3.05, 3.63) is 12.2 Å². The number of carbonyl (C=O) groups excluding carboxylic acids is 1. The lowest BCUT2D eigenvalue weighted by Gasteiger charge is -2.21. The van der Waals surface area contributed by atoms with E-state index in [0.29, 0.717) is 5.57 Å². The molecule has 0 spiro atoms. The van der Waals surface area contributed by atoms with Crippen LogP contribution in [0.4, 0.5) is 0 Å². The van der Waals surface area contributed by atoms with Gasteiger partial charge in [-0.1, -0.05) is 97.0 Å². The Balaban J connectivity index is 0. The molecule has 0 fully saturated rings. The van der Waals surface area contributed by atoms with Crippen LogP contribution in [0.15, 0.2) is 12.2 Å². The van der Waals surface area contributed by atoms with Gasteiger partial charge in [0.1, 0.15) is 0 Å². The molecule has 0 aromatic heterocycles. The van der Waals surface area contributed by atoms with Gasteiger partial charge in [-0.2, -0.15) is 0 Å². The number of rotatable bonds is 18. The van der Waals surface area contributed by atoms with Crippen molar-refractivity contribution in [1.82, 2.24) is 0 Å². The van der Waals surface area contributed by atoms with Crippen molar-refractivity contribution in [2.45, 2.75) is 116 Å². The Morgan fingerprint density at radius 1 is 0.815 bits per heavy atom. The SMILES string of the molecule is C=C(C)C(=O)OC(CCCCCCCCCCCCCCCC)[NH+](C)C.[Br-]. The van der Waals surface area contributed by atoms with E-state index in [1.54, 1.807) is 6.92 Å². The zero-order valence-electron chi connectivity index (χ0n) is 18.6. The number of quaternary nitrogens is 1. The van der Waals surface area contributed by atoms with Gasteiger partial charge in [-0.15, -0.1) is 0 Å². The molecule has 0 aromatic carbocycles. The molecule has 3 nitrogen and oxygen atoms in total. The molecule has 4 heteroatoms. The third kappa shape index (κ3) is 18.8. The Hall–Kier alpha value is -0.350. The summed E-state index contributed by atoms with van der Waals surface area (Å²) in [6.07, 6.45) is 20.0. The van der Waals surface area contributed by atoms with Crippen molar-refractivity contribution in [3.63, 3.8) is 0 Å². The van der Waals surface area contributed by atoms with Crippen molar-refractivity contribution in [1.29, 1.82) is 0 Å². The van der Waals surface area contributed by atoms with Gasteiger partial charge in [0.25, 0.3) is 0 Å². The van der Waals surface area contributed by atoms with Crippen molar-refractivity contribution in [2.75, 3.05) is 14.1 Å². The first-order valence-electron chi connectivity index (χ1n) is 11.2. The number of unbranched alkanes of at least 4 members (excludes halogenated alkanes) is 13. The van der Waals surface area contributed by atoms with Crippen molar-refractivity contribution >= 4 is 5.97 Å². The molecule has 0 radical (unpaired) electrons. The second-order valence-electron chi connectivity index (χ2n) is 8.14. The maximum atomic E-state index is 11.7. The predicted octanol–water partition coefficient (Wildman–Crippen LogP) is 2.45. The number of hydrogen-bond donors (Lipinski definition) is 1. The molecule has 0 heterocycles. The quantitative estimate of drug-likeness (QED) is 0.151. The van der Waals surface area contributed by atoms with Gasteiger partial charge in [0.05, 0.1) is 14.1 Å². The molecule has 1 atom stereocenters. The Kier molecular flexibility index (Phi) is 21.8. The topological polar surface area (TPSA) is 30.7 Å². The molecule has 162 valence electrons. The summed E-state index contributed by atoms with van der Waals surface area (Å²) >= 11 is 0. The Labute approximate surface area is 180 Å². The highest BCUT2D eigenvalue weighted by atomic mass is 79.9. The highest BCUT2D eigenvalue weighted by molar-refractivity contribution is 5.86. The van der Waals surface area contributed by atoms with E-state index in [1.165, 1.54) is 88.4 Å². The van der Waals surface area contributed by atoms with Crippen LogP contribution in [0.5, 0.6) is 0 Å². The van der Waals surface area contributed by atoms with E-state index in [-0.39, 0.29) is 29.2 Å². The summed E-state index contributed by atoms with van der Waals surface area (Å²) in [6, 6.07) is 0. The molecule has 0 amide bonds. The zero-order chi connectivity index (χ0) is 19.6. The van der Waals surface area contributed by atoms with Crippen molar-refractivity contribution in [3.8, 4) is 0 Å². The molecule has 1 unspecified atom stereocenters. The normalized spacial score (nSPS) is 11.9. The van der Waals surface area contributed by atoms with E-state index in [2.05, 4.69) is 13.5 Å². The van der Waals surface area contributed by atoms with E-state index in [0.717, 1.165) is 12.8 Å². The molecular formula is C23H46BrNO2. The van der Waals surface area contributed by atoms with Crippen molar-refractivity contribution in [2.24, 2.45) is 0 Å². The molecule has 0 rings (SSSR count). The maximum absolute atomic E-state index is 11.7. The number of ether oxygens (including phenoxy) is 1. The van der Waals surface area contributed by atoms with E-state index in [4.69, 9.17) is 4.74 Å². The van der Waals surface area contributed by atoms with Gasteiger partial charge >= 0.3 is 5.97 Å². The fourth-order valence-corrected chi connectivity index (χ4v) is 3.22. The van der Waals surface area contributed by atoms with Crippen LogP contribution in [-0.4, -0.2) is 26.3 Å². The van der Waals surface area contributed by atoms with Crippen molar-refractivity contribution < 1.29 is 31.4 Å². The highest BCUT2D eigenvalue weighted by Crippen LogP contribution is 2.13. The molecular weight excluding hydrogens is 402 g/mol. The number of halogens is 1. The monoisotopic (exact) mass is 447 g/mol. The summed E-state index contributed by atoms with van der Waals surface area (Å²) in [5, 5.41) is 0. The third-order valence-corrected chi connectivity index (χ3v) is 5.06. The van der Waals surface area contributed by atoms with E-state index in [1.807, 2.05) is 14.1 Å². The van der Waals surface area contributed by atoms with Crippen LogP contribution < -0.4 is 21.9 Å². The van der Waals surface area contributed by atoms with Crippen LogP contribution in [0, 0.1) is 0 Å². The van der Waals surface area contributed by atoms with Gasteiger partial charge in [0.15, 0.2) is 0 Å². The molecule has 0 aliphatic carbocycles. The van der Waals surface area contributed by atoms with Gasteiger partial charge in [-0.25, -0.2) is 4.79 Å². The zero-order valence-corrected chi connectivity index (χ0v) is 20.2. The minimum absolute atomic E-state index is 0. The second-order valence-corrected chi connectivity index (χ2v) is 8.14. The van der Waals surface area contributed by atoms with Gasteiger partial charge in [-0.05, 0) is 13.3 Å². The molecule has 0 aromatic rings. The first kappa shape index (κ1) is 28.9. The smallest absolute Gasteiger partial charge is 0.337 e. The van der Waals surface area contributed by atoms with Crippen LogP contribution in [0.25, 0.3) is 0 Å². The van der Waals surface area contributed by atoms with Gasteiger partial charge in [0, 0.05) is 12.0 Å². The third-order valence-electron chi connectivity index (χ3n) is 5.06. The van der Waals surface area contributed by atoms with E-state index in [9.17, 15) is 4.79 Å². The molecule has 0 saturated heterocycles. The molecule has 0 bridgehead atoms. The van der Waals surface area contributed by atoms with Crippen LogP contribution in [0.3, 0.4) is 0 Å². The van der Waals surface area contributed by atoms with E-state index < -0.39 is 0 Å². The summed E-state index contributed by atoms with van der Waals surface area (Å²) < 4.78 is 5.51. The lowest BCUT2D eigenvalue weighted by atomic mass is 10.0. The highest BCUT2D eigenvalue weighted by Gasteiger charge is 2.19. The molecule has 1 N–H and O–H groups in total. The Bertz CT molecular complexity index is 358. The first-order valence-corrected chi connectivity index (χ1v) is 11.2. The summed E-state index contributed by atoms with van der Waals surface area (Å²) in [5.74, 6) is -0.262. The van der Waals surface area contributed by atoms with Crippen LogP contribution in [0.2, 0.25) is 0 Å². The molecule has 0 aliphatic rings. The van der Waals surface area contributed by atoms with Gasteiger partial charge in [0.2, 0.25) is 6.23 Å². The predicted molar refractivity (Wildman–Crippen MR) is 112 cm³/mol. The van der Waals surface area contributed by atoms with E-state index >= 15 is 0 Å².